The number of carboxylic acids is 2. The predicted octanol–water partition coefficient (Wildman–Crippen LogP) is 15.4. The molecule has 0 aliphatic heterocycles. The molecule has 0 atom stereocenters. The standard InChI is InChI=1S/C13H18O2.C11H12O2.C7H14O2.C6H12O2.C5H8O2.C4H6O2.8CH4.H2P/c1-4-13(2,3)12(14)15-10-11-8-6-5-7-9-11;1-9(2)11(12)13-8-10-6-4-3-5-7-10;1-5-7(2,3)6(8)9-4;1-4-6(2,3)5(7)8;1-4(2)5(6)7-3;1-3(2)4(5)6;;;;;;;;;/h5-9H,4,10H2,1-3H3;3-7H,1,8H2,2H3;5H2,1-4H3;4H2,1-3H3,(H,7,8);1H2,2-3H3;1H2,2H3,(H,5,6);8*1H4;1H2/q;;;;;;;;;;;;;;-1. The number of hydrogen-bond donors (Lipinski definition) is 2. The highest BCUT2D eigenvalue weighted by Crippen LogP contribution is 2.22. The summed E-state index contributed by atoms with van der Waals surface area (Å²) in [4.78, 5) is 63.5. The van der Waals surface area contributed by atoms with Crippen molar-refractivity contribution >= 4 is 45.7 Å². The lowest BCUT2D eigenvalue weighted by Crippen LogP contribution is -2.25. The molecule has 0 aromatic heterocycles. The van der Waals surface area contributed by atoms with Gasteiger partial charge in [-0.15, -0.1) is 0 Å². The van der Waals surface area contributed by atoms with Crippen LogP contribution in [-0.4, -0.2) is 60.2 Å². The summed E-state index contributed by atoms with van der Waals surface area (Å²) in [6.07, 6.45) is 2.29. The van der Waals surface area contributed by atoms with Gasteiger partial charge in [0.25, 0.3) is 0 Å². The van der Waals surface area contributed by atoms with Gasteiger partial charge >= 0.3 is 35.8 Å². The minimum Gasteiger partial charge on any atom is -0.577 e. The van der Waals surface area contributed by atoms with Crippen LogP contribution in [0.25, 0.3) is 0 Å². The van der Waals surface area contributed by atoms with E-state index in [9.17, 15) is 28.8 Å². The van der Waals surface area contributed by atoms with Gasteiger partial charge < -0.3 is 39.1 Å². The zero-order valence-electron chi connectivity index (χ0n) is 38.0. The molecule has 0 bridgehead atoms. The van der Waals surface area contributed by atoms with Crippen molar-refractivity contribution < 1.29 is 57.9 Å². The van der Waals surface area contributed by atoms with Crippen LogP contribution in [0.5, 0.6) is 0 Å². The lowest BCUT2D eigenvalue weighted by Gasteiger charge is -2.20. The SMILES string of the molecule is C.C.C.C.C.C.C.C.C=C(C)C(=O)O.C=C(C)C(=O)OC.C=C(C)C(=O)OCc1ccccc1.CCC(C)(C)C(=O)O.CCC(C)(C)C(=O)OC.CCC(C)(C)C(=O)OCc1ccccc1.[PH2-]. The molecule has 2 N–H and O–H groups in total. The third-order valence-electron chi connectivity index (χ3n) is 8.19. The summed E-state index contributed by atoms with van der Waals surface area (Å²) in [7, 11) is 2.75. The van der Waals surface area contributed by atoms with E-state index in [4.69, 9.17) is 19.7 Å². The van der Waals surface area contributed by atoms with Gasteiger partial charge in [-0.1, -0.05) is 161 Å². The van der Waals surface area contributed by atoms with E-state index in [1.165, 1.54) is 21.1 Å². The summed E-state index contributed by atoms with van der Waals surface area (Å²) >= 11 is 0. The monoisotopic (exact) mass is 976 g/mol. The average molecular weight is 976 g/mol. The smallest absolute Gasteiger partial charge is 0.333 e. The van der Waals surface area contributed by atoms with E-state index >= 15 is 0 Å². The minimum atomic E-state index is -0.935. The van der Waals surface area contributed by atoms with Crippen molar-refractivity contribution in [2.45, 2.75) is 175 Å². The molecule has 67 heavy (non-hydrogen) atoms. The lowest BCUT2D eigenvalue weighted by atomic mass is 9.91. The van der Waals surface area contributed by atoms with Crippen molar-refractivity contribution in [1.82, 2.24) is 0 Å². The summed E-state index contributed by atoms with van der Waals surface area (Å²) in [5, 5.41) is 16.3. The fraction of sp³-hybridized carbons (Fsp3) is 0.556. The van der Waals surface area contributed by atoms with E-state index in [0.717, 1.165) is 24.0 Å². The van der Waals surface area contributed by atoms with Crippen molar-refractivity contribution in [3.05, 3.63) is 108 Å². The Hall–Kier alpha value is -5.09. The van der Waals surface area contributed by atoms with Gasteiger partial charge in [0.05, 0.1) is 30.5 Å². The third-order valence-corrected chi connectivity index (χ3v) is 8.19. The largest absolute Gasteiger partial charge is 0.577 e. The second kappa shape index (κ2) is 51.9. The Balaban J connectivity index is -0.0000000475. The first-order valence-corrected chi connectivity index (χ1v) is 18.7. The summed E-state index contributed by atoms with van der Waals surface area (Å²) in [5.74, 6) is -2.61. The van der Waals surface area contributed by atoms with E-state index in [1.54, 1.807) is 27.7 Å². The van der Waals surface area contributed by atoms with Crippen LogP contribution in [0.1, 0.15) is 173 Å². The van der Waals surface area contributed by atoms with Gasteiger partial charge in [-0.3, -0.25) is 14.4 Å². The molecule has 0 saturated heterocycles. The molecule has 0 spiro atoms. The maximum atomic E-state index is 11.6. The van der Waals surface area contributed by atoms with E-state index in [-0.39, 0.29) is 110 Å². The van der Waals surface area contributed by atoms with E-state index in [1.807, 2.05) is 109 Å². The molecule has 0 radical (unpaired) electrons. The van der Waals surface area contributed by atoms with Crippen molar-refractivity contribution in [2.24, 2.45) is 16.2 Å². The van der Waals surface area contributed by atoms with Gasteiger partial charge in [0.2, 0.25) is 0 Å². The van der Waals surface area contributed by atoms with Gasteiger partial charge in [0.15, 0.2) is 0 Å². The highest BCUT2D eigenvalue weighted by molar-refractivity contribution is 6.92. The van der Waals surface area contributed by atoms with Crippen LogP contribution in [0.4, 0.5) is 0 Å². The van der Waals surface area contributed by atoms with Crippen LogP contribution in [0.3, 0.4) is 0 Å². The molecule has 0 amide bonds. The lowest BCUT2D eigenvalue weighted by molar-refractivity contribution is -0.155. The topological polar surface area (TPSA) is 180 Å². The van der Waals surface area contributed by atoms with Gasteiger partial charge in [0.1, 0.15) is 13.2 Å². The molecule has 13 heteroatoms. The molecule has 2 aromatic carbocycles. The van der Waals surface area contributed by atoms with Gasteiger partial charge in [-0.25, -0.2) is 14.4 Å². The number of carbonyl (C=O) groups excluding carboxylic acids is 4. The molecule has 0 aliphatic carbocycles. The molecule has 398 valence electrons. The number of aliphatic carboxylic acids is 2. The number of esters is 4. The third kappa shape index (κ3) is 51.8. The highest BCUT2D eigenvalue weighted by atomic mass is 31.0. The first-order chi connectivity index (χ1) is 26.6. The first kappa shape index (κ1) is 96.0. The maximum Gasteiger partial charge on any atom is 0.333 e. The van der Waals surface area contributed by atoms with E-state index in [0.29, 0.717) is 30.8 Å². The number of rotatable bonds is 13. The normalized spacial score (nSPS) is 8.63. The van der Waals surface area contributed by atoms with Crippen LogP contribution in [0.15, 0.2) is 97.1 Å². The van der Waals surface area contributed by atoms with Crippen molar-refractivity contribution in [2.75, 3.05) is 14.2 Å². The molecule has 0 aliphatic rings. The number of ether oxygens (including phenoxy) is 4. The number of benzene rings is 2. The molecule has 2 rings (SSSR count). The average Bonchev–Trinajstić information content (AvgIpc) is 3.19. The first-order valence-electron chi connectivity index (χ1n) is 18.7. The summed E-state index contributed by atoms with van der Waals surface area (Å²) in [6, 6.07) is 19.3. The number of carbonyl (C=O) groups is 6. The Kier molecular flexibility index (Phi) is 74.4. The second-order valence-electron chi connectivity index (χ2n) is 14.8. The quantitative estimate of drug-likeness (QED) is 0.0841. The summed E-state index contributed by atoms with van der Waals surface area (Å²) in [5.41, 5.74) is 1.81. The Morgan fingerprint density at radius 3 is 0.940 bits per heavy atom. The molecular weight excluding hydrogens is 872 g/mol. The number of carboxylic acid groups (broad SMARTS) is 2. The van der Waals surface area contributed by atoms with Crippen molar-refractivity contribution in [3.8, 4) is 0 Å². The predicted molar refractivity (Wildman–Crippen MR) is 292 cm³/mol. The Labute approximate surface area is 416 Å². The highest BCUT2D eigenvalue weighted by Gasteiger charge is 2.27. The van der Waals surface area contributed by atoms with Crippen LogP contribution < -0.4 is 0 Å². The zero-order valence-corrected chi connectivity index (χ0v) is 39.1. The number of methoxy groups -OCH3 is 2. The number of hydrogen-bond acceptors (Lipinski definition) is 10. The van der Waals surface area contributed by atoms with Crippen LogP contribution >= 0.6 is 9.90 Å². The summed E-state index contributed by atoms with van der Waals surface area (Å²) < 4.78 is 19.0. The van der Waals surface area contributed by atoms with Gasteiger partial charge in [-0.05, 0) is 92.7 Å². The van der Waals surface area contributed by atoms with E-state index in [2.05, 4.69) is 29.2 Å². The summed E-state index contributed by atoms with van der Waals surface area (Å²) in [6.45, 7) is 32.2. The molecule has 0 fully saturated rings. The van der Waals surface area contributed by atoms with Crippen LogP contribution in [0, 0.1) is 16.2 Å². The molecule has 0 heterocycles. The fourth-order valence-electron chi connectivity index (χ4n) is 2.66. The molecule has 0 unspecified atom stereocenters. The van der Waals surface area contributed by atoms with Crippen molar-refractivity contribution in [3.63, 3.8) is 0 Å². The molecular formula is C54H104O12P-. The Morgan fingerprint density at radius 1 is 0.478 bits per heavy atom. The van der Waals surface area contributed by atoms with Crippen molar-refractivity contribution in [1.29, 1.82) is 0 Å². The minimum absolute atomic E-state index is 0. The Morgan fingerprint density at radius 2 is 0.761 bits per heavy atom. The van der Waals surface area contributed by atoms with Crippen LogP contribution in [0.2, 0.25) is 0 Å². The molecule has 2 aromatic rings. The van der Waals surface area contributed by atoms with Gasteiger partial charge in [0, 0.05) is 16.7 Å². The molecule has 0 saturated carbocycles. The van der Waals surface area contributed by atoms with Crippen LogP contribution in [-0.2, 0) is 60.9 Å². The zero-order chi connectivity index (χ0) is 46.3. The fourth-order valence-corrected chi connectivity index (χ4v) is 2.66. The van der Waals surface area contributed by atoms with Gasteiger partial charge in [-0.2, -0.15) is 0 Å². The Bertz CT molecular complexity index is 1570. The molecule has 12 nitrogen and oxygen atoms in total. The second-order valence-corrected chi connectivity index (χ2v) is 14.8. The maximum absolute atomic E-state index is 11.6. The van der Waals surface area contributed by atoms with E-state index < -0.39 is 17.4 Å².